The Morgan fingerprint density at radius 2 is 2.21 bits per heavy atom. The van der Waals surface area contributed by atoms with E-state index in [2.05, 4.69) is 4.98 Å². The number of rotatable bonds is 4. The number of halogens is 1. The van der Waals surface area contributed by atoms with Gasteiger partial charge in [-0.05, 0) is 6.42 Å². The summed E-state index contributed by atoms with van der Waals surface area (Å²) in [5, 5.41) is 11.6. The molecule has 0 fully saturated rings. The third kappa shape index (κ3) is 2.42. The maximum absolute atomic E-state index is 11.9. The second kappa shape index (κ2) is 5.32. The molecule has 0 radical (unpaired) electrons. The Morgan fingerprint density at radius 3 is 2.84 bits per heavy atom. The second-order valence-electron chi connectivity index (χ2n) is 4.09. The molecule has 0 unspecified atom stereocenters. The smallest absolute Gasteiger partial charge is 0.294 e. The standard InChI is InChI=1S/C13H11ClN2O3/c1-2-4-11(17)9-7-15-13-8(12(9)14)5-3-6-10(13)16(18)19/h3,5-7H,2,4H2,1H3. The van der Waals surface area contributed by atoms with Crippen LogP contribution in [0.1, 0.15) is 30.1 Å². The molecule has 98 valence electrons. The normalized spacial score (nSPS) is 10.6. The average molecular weight is 279 g/mol. The van der Waals surface area contributed by atoms with Gasteiger partial charge in [0.05, 0.1) is 15.5 Å². The summed E-state index contributed by atoms with van der Waals surface area (Å²) in [7, 11) is 0. The predicted octanol–water partition coefficient (Wildman–Crippen LogP) is 3.78. The van der Waals surface area contributed by atoms with Crippen molar-refractivity contribution in [1.29, 1.82) is 0 Å². The van der Waals surface area contributed by atoms with Gasteiger partial charge in [-0.1, -0.05) is 30.7 Å². The Bertz CT molecular complexity index is 670. The zero-order valence-corrected chi connectivity index (χ0v) is 11.0. The van der Waals surface area contributed by atoms with Gasteiger partial charge in [-0.3, -0.25) is 14.9 Å². The maximum atomic E-state index is 11.9. The number of hydrogen-bond donors (Lipinski definition) is 0. The molecule has 0 spiro atoms. The van der Waals surface area contributed by atoms with Crippen LogP contribution in [0.2, 0.25) is 5.02 Å². The molecule has 5 nitrogen and oxygen atoms in total. The summed E-state index contributed by atoms with van der Waals surface area (Å²) in [6, 6.07) is 4.52. The third-order valence-corrected chi connectivity index (χ3v) is 3.19. The van der Waals surface area contributed by atoms with Gasteiger partial charge < -0.3 is 0 Å². The first-order valence-corrected chi connectivity index (χ1v) is 6.18. The van der Waals surface area contributed by atoms with E-state index in [1.54, 1.807) is 6.07 Å². The van der Waals surface area contributed by atoms with Gasteiger partial charge in [0, 0.05) is 24.1 Å². The lowest BCUT2D eigenvalue weighted by Crippen LogP contribution is -2.01. The van der Waals surface area contributed by atoms with E-state index < -0.39 is 4.92 Å². The molecule has 6 heteroatoms. The third-order valence-electron chi connectivity index (χ3n) is 2.78. The summed E-state index contributed by atoms with van der Waals surface area (Å²) in [5.74, 6) is -0.103. The fourth-order valence-electron chi connectivity index (χ4n) is 1.88. The number of carbonyl (C=O) groups excluding carboxylic acids is 1. The average Bonchev–Trinajstić information content (AvgIpc) is 2.38. The van der Waals surface area contributed by atoms with Crippen LogP contribution < -0.4 is 0 Å². The van der Waals surface area contributed by atoms with Gasteiger partial charge in [0.15, 0.2) is 5.78 Å². The molecule has 0 saturated carbocycles. The van der Waals surface area contributed by atoms with E-state index in [1.807, 2.05) is 6.92 Å². The lowest BCUT2D eigenvalue weighted by atomic mass is 10.1. The van der Waals surface area contributed by atoms with Crippen molar-refractivity contribution < 1.29 is 9.72 Å². The molecule has 19 heavy (non-hydrogen) atoms. The van der Waals surface area contributed by atoms with E-state index >= 15 is 0 Å². The minimum Gasteiger partial charge on any atom is -0.294 e. The summed E-state index contributed by atoms with van der Waals surface area (Å²) in [5.41, 5.74) is 0.399. The molecule has 1 heterocycles. The van der Waals surface area contributed by atoms with Crippen LogP contribution in [-0.4, -0.2) is 15.7 Å². The number of fused-ring (bicyclic) bond motifs is 1. The van der Waals surface area contributed by atoms with Gasteiger partial charge in [0.1, 0.15) is 5.52 Å². The molecule has 2 rings (SSSR count). The van der Waals surface area contributed by atoms with Crippen LogP contribution in [-0.2, 0) is 0 Å². The molecular weight excluding hydrogens is 268 g/mol. The van der Waals surface area contributed by atoms with Crippen LogP contribution in [0.25, 0.3) is 10.9 Å². The first-order chi connectivity index (χ1) is 9.06. The van der Waals surface area contributed by atoms with E-state index in [4.69, 9.17) is 11.6 Å². The van der Waals surface area contributed by atoms with Crippen molar-refractivity contribution >= 4 is 34.0 Å². The highest BCUT2D eigenvalue weighted by Crippen LogP contribution is 2.31. The fraction of sp³-hybridized carbons (Fsp3) is 0.231. The Kier molecular flexibility index (Phi) is 3.76. The number of non-ortho nitro benzene ring substituents is 1. The van der Waals surface area contributed by atoms with Crippen molar-refractivity contribution in [3.8, 4) is 0 Å². The minimum atomic E-state index is -0.515. The van der Waals surface area contributed by atoms with Gasteiger partial charge >= 0.3 is 0 Å². The first-order valence-electron chi connectivity index (χ1n) is 5.81. The fourth-order valence-corrected chi connectivity index (χ4v) is 2.19. The number of Topliss-reactive ketones (excluding diaryl/α,β-unsaturated/α-hetero) is 1. The topological polar surface area (TPSA) is 73.1 Å². The molecule has 0 saturated heterocycles. The molecule has 2 aromatic rings. The van der Waals surface area contributed by atoms with Crippen LogP contribution in [0.4, 0.5) is 5.69 Å². The number of aromatic nitrogens is 1. The molecule has 0 aliphatic carbocycles. The van der Waals surface area contributed by atoms with Gasteiger partial charge in [-0.2, -0.15) is 0 Å². The van der Waals surface area contributed by atoms with Crippen LogP contribution in [0.15, 0.2) is 24.4 Å². The van der Waals surface area contributed by atoms with Gasteiger partial charge in [-0.15, -0.1) is 0 Å². The molecule has 1 aromatic carbocycles. The van der Waals surface area contributed by atoms with E-state index in [0.29, 0.717) is 23.8 Å². The van der Waals surface area contributed by atoms with Crippen LogP contribution in [0.5, 0.6) is 0 Å². The summed E-state index contributed by atoms with van der Waals surface area (Å²) in [4.78, 5) is 26.3. The molecule has 0 aliphatic heterocycles. The largest absolute Gasteiger partial charge is 0.295 e. The highest BCUT2D eigenvalue weighted by Gasteiger charge is 2.18. The van der Waals surface area contributed by atoms with Crippen molar-refractivity contribution in [2.75, 3.05) is 0 Å². The Labute approximate surface area is 114 Å². The summed E-state index contributed by atoms with van der Waals surface area (Å²) >= 11 is 6.17. The van der Waals surface area contributed by atoms with Gasteiger partial charge in [-0.25, -0.2) is 4.98 Å². The molecule has 0 atom stereocenters. The van der Waals surface area contributed by atoms with Crippen LogP contribution >= 0.6 is 11.6 Å². The molecule has 0 N–H and O–H groups in total. The lowest BCUT2D eigenvalue weighted by molar-refractivity contribution is -0.383. The summed E-state index contributed by atoms with van der Waals surface area (Å²) < 4.78 is 0. The van der Waals surface area contributed by atoms with Crippen LogP contribution in [0.3, 0.4) is 0 Å². The lowest BCUT2D eigenvalue weighted by Gasteiger charge is -2.06. The number of carbonyl (C=O) groups is 1. The Balaban J connectivity index is 2.66. The number of ketones is 1. The summed E-state index contributed by atoms with van der Waals surface area (Å²) in [6.07, 6.45) is 2.40. The van der Waals surface area contributed by atoms with Crippen molar-refractivity contribution in [3.63, 3.8) is 0 Å². The molecule has 0 amide bonds. The minimum absolute atomic E-state index is 0.103. The quantitative estimate of drug-likeness (QED) is 0.485. The Hall–Kier alpha value is -2.01. The number of benzene rings is 1. The van der Waals surface area contributed by atoms with Crippen molar-refractivity contribution in [1.82, 2.24) is 4.98 Å². The second-order valence-corrected chi connectivity index (χ2v) is 4.47. The van der Waals surface area contributed by atoms with Crippen molar-refractivity contribution in [2.24, 2.45) is 0 Å². The highest BCUT2D eigenvalue weighted by atomic mass is 35.5. The first kappa shape index (κ1) is 13.4. The van der Waals surface area contributed by atoms with Gasteiger partial charge in [0.2, 0.25) is 0 Å². The molecule has 1 aromatic heterocycles. The zero-order valence-electron chi connectivity index (χ0n) is 10.2. The summed E-state index contributed by atoms with van der Waals surface area (Å²) in [6.45, 7) is 1.89. The molecular formula is C13H11ClN2O3. The Morgan fingerprint density at radius 1 is 1.47 bits per heavy atom. The number of pyridine rings is 1. The van der Waals surface area contributed by atoms with E-state index in [9.17, 15) is 14.9 Å². The maximum Gasteiger partial charge on any atom is 0.295 e. The zero-order chi connectivity index (χ0) is 14.0. The van der Waals surface area contributed by atoms with Crippen molar-refractivity contribution in [3.05, 3.63) is 45.1 Å². The van der Waals surface area contributed by atoms with E-state index in [0.717, 1.165) is 0 Å². The van der Waals surface area contributed by atoms with Crippen LogP contribution in [0, 0.1) is 10.1 Å². The number of nitrogens with zero attached hydrogens (tertiary/aromatic N) is 2. The molecule has 0 aliphatic rings. The number of hydrogen-bond acceptors (Lipinski definition) is 4. The number of para-hydroxylation sites is 1. The van der Waals surface area contributed by atoms with E-state index in [1.165, 1.54) is 18.3 Å². The predicted molar refractivity (Wildman–Crippen MR) is 72.6 cm³/mol. The van der Waals surface area contributed by atoms with Crippen molar-refractivity contribution in [2.45, 2.75) is 19.8 Å². The number of nitro benzene ring substituents is 1. The van der Waals surface area contributed by atoms with E-state index in [-0.39, 0.29) is 22.0 Å². The number of nitro groups is 1. The monoisotopic (exact) mass is 278 g/mol. The SMILES string of the molecule is CCCC(=O)c1cnc2c([N+](=O)[O-])cccc2c1Cl. The molecule has 0 bridgehead atoms. The highest BCUT2D eigenvalue weighted by molar-refractivity contribution is 6.38. The van der Waals surface area contributed by atoms with Gasteiger partial charge in [0.25, 0.3) is 5.69 Å².